The predicted molar refractivity (Wildman–Crippen MR) is 116 cm³/mol. The first-order chi connectivity index (χ1) is 14.8. The van der Waals surface area contributed by atoms with E-state index in [0.29, 0.717) is 12.8 Å². The smallest absolute Gasteiger partial charge is 0.338 e. The van der Waals surface area contributed by atoms with Crippen LogP contribution in [0.3, 0.4) is 0 Å². The van der Waals surface area contributed by atoms with Crippen LogP contribution in [0.1, 0.15) is 36.8 Å². The van der Waals surface area contributed by atoms with Crippen molar-refractivity contribution in [2.45, 2.75) is 50.9 Å². The second-order valence-corrected chi connectivity index (χ2v) is 7.05. The Bertz CT molecular complexity index is 759. The van der Waals surface area contributed by atoms with E-state index in [1.165, 1.54) is 14.2 Å². The second kappa shape index (κ2) is 15.1. The van der Waals surface area contributed by atoms with E-state index in [0.717, 1.165) is 29.0 Å². The van der Waals surface area contributed by atoms with Crippen molar-refractivity contribution in [3.8, 4) is 0 Å². The standard InChI is InChI=1S/C13H18FNO2.C11H13FO2/c1-15(17-2)13(16)12(14)10-6-9-11-7-4-3-5-8-11;12-10(11(13)14)8-4-7-9-5-2-1-3-6-9/h3-5,7-8,12H,6,9-10H2,1-2H3;1-3,5-6,10H,4,7-8H2,(H,13,14). The van der Waals surface area contributed by atoms with E-state index in [-0.39, 0.29) is 12.8 Å². The Morgan fingerprint density at radius 2 is 1.29 bits per heavy atom. The van der Waals surface area contributed by atoms with Crippen LogP contribution in [0.25, 0.3) is 0 Å². The number of halogens is 2. The van der Waals surface area contributed by atoms with Crippen molar-refractivity contribution in [2.24, 2.45) is 0 Å². The van der Waals surface area contributed by atoms with Gasteiger partial charge in [-0.05, 0) is 49.7 Å². The molecule has 1 N–H and O–H groups in total. The van der Waals surface area contributed by atoms with Crippen molar-refractivity contribution in [2.75, 3.05) is 14.2 Å². The lowest BCUT2D eigenvalue weighted by Gasteiger charge is -2.16. The molecule has 0 aromatic heterocycles. The molecule has 170 valence electrons. The zero-order valence-corrected chi connectivity index (χ0v) is 18.0. The summed E-state index contributed by atoms with van der Waals surface area (Å²) in [5.74, 6) is -1.99. The molecule has 2 rings (SSSR count). The van der Waals surface area contributed by atoms with Crippen LogP contribution in [0.5, 0.6) is 0 Å². The quantitative estimate of drug-likeness (QED) is 0.515. The van der Waals surface area contributed by atoms with Gasteiger partial charge in [-0.15, -0.1) is 0 Å². The number of hydrogen-bond donors (Lipinski definition) is 1. The van der Waals surface area contributed by atoms with Gasteiger partial charge in [-0.2, -0.15) is 0 Å². The molecule has 0 saturated heterocycles. The maximum Gasteiger partial charge on any atom is 0.338 e. The summed E-state index contributed by atoms with van der Waals surface area (Å²) in [5.41, 5.74) is 2.28. The number of hydrogen-bond acceptors (Lipinski definition) is 3. The normalized spacial score (nSPS) is 12.3. The summed E-state index contributed by atoms with van der Waals surface area (Å²) in [7, 11) is 2.75. The van der Waals surface area contributed by atoms with Crippen molar-refractivity contribution >= 4 is 11.9 Å². The number of rotatable bonds is 11. The Morgan fingerprint density at radius 3 is 1.68 bits per heavy atom. The Hall–Kier alpha value is -2.80. The van der Waals surface area contributed by atoms with Gasteiger partial charge in [0.2, 0.25) is 0 Å². The lowest BCUT2D eigenvalue weighted by atomic mass is 10.1. The predicted octanol–water partition coefficient (Wildman–Crippen LogP) is 4.80. The van der Waals surface area contributed by atoms with Crippen LogP contribution in [0.2, 0.25) is 0 Å². The minimum Gasteiger partial charge on any atom is -0.479 e. The van der Waals surface area contributed by atoms with E-state index in [1.54, 1.807) is 0 Å². The first-order valence-corrected chi connectivity index (χ1v) is 10.3. The number of alkyl halides is 2. The summed E-state index contributed by atoms with van der Waals surface area (Å²) < 4.78 is 26.1. The molecule has 7 heteroatoms. The van der Waals surface area contributed by atoms with Crippen LogP contribution in [0.4, 0.5) is 8.78 Å². The van der Waals surface area contributed by atoms with E-state index >= 15 is 0 Å². The monoisotopic (exact) mass is 435 g/mol. The maximum atomic E-state index is 13.5. The lowest BCUT2D eigenvalue weighted by molar-refractivity contribution is -0.174. The molecular weight excluding hydrogens is 404 g/mol. The Labute approximate surface area is 182 Å². The van der Waals surface area contributed by atoms with E-state index < -0.39 is 24.2 Å². The number of aryl methyl sites for hydroxylation is 2. The first kappa shape index (κ1) is 26.2. The van der Waals surface area contributed by atoms with Gasteiger partial charge in [0.25, 0.3) is 5.91 Å². The van der Waals surface area contributed by atoms with Crippen LogP contribution in [-0.2, 0) is 27.3 Å². The molecule has 0 aliphatic carbocycles. The fraction of sp³-hybridized carbons (Fsp3) is 0.417. The van der Waals surface area contributed by atoms with Crippen molar-refractivity contribution in [1.29, 1.82) is 0 Å². The molecule has 2 atom stereocenters. The summed E-state index contributed by atoms with van der Waals surface area (Å²) in [6.07, 6.45) is -0.167. The van der Waals surface area contributed by atoms with Crippen molar-refractivity contribution in [3.05, 3.63) is 71.8 Å². The molecule has 0 spiro atoms. The molecular formula is C24H31F2NO4. The summed E-state index contributed by atoms with van der Waals surface area (Å²) in [4.78, 5) is 26.2. The number of nitrogens with zero attached hydrogens (tertiary/aromatic N) is 1. The molecule has 5 nitrogen and oxygen atoms in total. The zero-order valence-electron chi connectivity index (χ0n) is 18.0. The number of hydroxylamine groups is 2. The fourth-order valence-electron chi connectivity index (χ4n) is 2.79. The molecule has 31 heavy (non-hydrogen) atoms. The van der Waals surface area contributed by atoms with Gasteiger partial charge in [-0.1, -0.05) is 60.7 Å². The van der Waals surface area contributed by atoms with Crippen molar-refractivity contribution in [1.82, 2.24) is 5.06 Å². The Balaban J connectivity index is 0.000000316. The number of benzene rings is 2. The van der Waals surface area contributed by atoms with Crippen molar-refractivity contribution in [3.63, 3.8) is 0 Å². The highest BCUT2D eigenvalue weighted by Gasteiger charge is 2.20. The van der Waals surface area contributed by atoms with Gasteiger partial charge in [0.1, 0.15) is 0 Å². The molecule has 2 aromatic rings. The number of aliphatic carboxylic acids is 1. The third kappa shape index (κ3) is 11.2. The Kier molecular flexibility index (Phi) is 12.8. The first-order valence-electron chi connectivity index (χ1n) is 10.3. The van der Waals surface area contributed by atoms with Crippen LogP contribution in [-0.4, -0.2) is 48.5 Å². The lowest BCUT2D eigenvalue weighted by Crippen LogP contribution is -2.33. The third-order valence-electron chi connectivity index (χ3n) is 4.65. The molecule has 0 fully saturated rings. The average Bonchev–Trinajstić information content (AvgIpc) is 2.79. The highest BCUT2D eigenvalue weighted by molar-refractivity contribution is 5.79. The molecule has 0 aliphatic heterocycles. The van der Waals surface area contributed by atoms with Crippen LogP contribution < -0.4 is 0 Å². The van der Waals surface area contributed by atoms with Gasteiger partial charge in [-0.3, -0.25) is 9.63 Å². The summed E-state index contributed by atoms with van der Waals surface area (Å²) in [6.45, 7) is 0. The third-order valence-corrected chi connectivity index (χ3v) is 4.65. The van der Waals surface area contributed by atoms with E-state index in [9.17, 15) is 18.4 Å². The topological polar surface area (TPSA) is 66.8 Å². The van der Waals surface area contributed by atoms with Gasteiger partial charge >= 0.3 is 5.97 Å². The number of carbonyl (C=O) groups excluding carboxylic acids is 1. The molecule has 0 radical (unpaired) electrons. The maximum absolute atomic E-state index is 13.5. The molecule has 0 heterocycles. The van der Waals surface area contributed by atoms with Gasteiger partial charge in [0.15, 0.2) is 12.3 Å². The second-order valence-electron chi connectivity index (χ2n) is 7.05. The minimum absolute atomic E-state index is 0.0875. The largest absolute Gasteiger partial charge is 0.479 e. The molecule has 2 aromatic carbocycles. The highest BCUT2D eigenvalue weighted by Crippen LogP contribution is 2.11. The minimum atomic E-state index is -1.72. The number of carboxylic acids is 1. The molecule has 0 saturated carbocycles. The average molecular weight is 436 g/mol. The molecule has 0 bridgehead atoms. The zero-order chi connectivity index (χ0) is 23.1. The highest BCUT2D eigenvalue weighted by atomic mass is 19.1. The van der Waals surface area contributed by atoms with Gasteiger partial charge in [0, 0.05) is 7.05 Å². The molecule has 1 amide bonds. The fourth-order valence-corrected chi connectivity index (χ4v) is 2.79. The van der Waals surface area contributed by atoms with Crippen LogP contribution in [0.15, 0.2) is 60.7 Å². The summed E-state index contributed by atoms with van der Waals surface area (Å²) in [6, 6.07) is 19.5. The molecule has 0 aliphatic rings. The molecule has 2 unspecified atom stereocenters. The van der Waals surface area contributed by atoms with E-state index in [4.69, 9.17) is 5.11 Å². The van der Waals surface area contributed by atoms with Crippen molar-refractivity contribution < 1.29 is 28.3 Å². The summed E-state index contributed by atoms with van der Waals surface area (Å²) >= 11 is 0. The number of carboxylic acid groups (broad SMARTS) is 1. The van der Waals surface area contributed by atoms with E-state index in [2.05, 4.69) is 4.84 Å². The van der Waals surface area contributed by atoms with Gasteiger partial charge in [0.05, 0.1) is 7.11 Å². The Morgan fingerprint density at radius 1 is 0.871 bits per heavy atom. The van der Waals surface area contributed by atoms with Crippen LogP contribution in [0, 0.1) is 0 Å². The van der Waals surface area contributed by atoms with Gasteiger partial charge in [-0.25, -0.2) is 18.6 Å². The summed E-state index contributed by atoms with van der Waals surface area (Å²) in [5, 5.41) is 9.23. The van der Waals surface area contributed by atoms with E-state index in [1.807, 2.05) is 60.7 Å². The van der Waals surface area contributed by atoms with Crippen LogP contribution >= 0.6 is 0 Å². The SMILES string of the molecule is CON(C)C(=O)C(F)CCCc1ccccc1.O=C(O)C(F)CCCc1ccccc1. The number of amides is 1. The van der Waals surface area contributed by atoms with Gasteiger partial charge < -0.3 is 5.11 Å². The number of carbonyl (C=O) groups is 2.